The normalized spacial score (nSPS) is 17.5. The number of likely N-dealkylation sites (tertiary alicyclic amines) is 1. The number of dihydropyridines is 1. The van der Waals surface area contributed by atoms with Gasteiger partial charge in [-0.1, -0.05) is 32.9 Å². The van der Waals surface area contributed by atoms with E-state index in [2.05, 4.69) is 62.3 Å². The number of nitrogens with zero attached hydrogens (tertiary/aromatic N) is 2. The molecule has 1 aromatic carbocycles. The molecule has 5 nitrogen and oxygen atoms in total. The molecule has 0 saturated carbocycles. The Morgan fingerprint density at radius 3 is 2.59 bits per heavy atom. The number of allylic oxidation sites excluding steroid dienone is 2. The zero-order valence-corrected chi connectivity index (χ0v) is 19.5. The lowest BCUT2D eigenvalue weighted by Crippen LogP contribution is -2.40. The number of aliphatic hydroxyl groups excluding tert-OH is 1. The van der Waals surface area contributed by atoms with Crippen LogP contribution in [0.3, 0.4) is 0 Å². The van der Waals surface area contributed by atoms with Crippen LogP contribution < -0.4 is 5.32 Å². The lowest BCUT2D eigenvalue weighted by Gasteiger charge is -2.29. The van der Waals surface area contributed by atoms with Crippen molar-refractivity contribution in [1.82, 2.24) is 15.2 Å². The topological polar surface area (TPSA) is 65.5 Å². The van der Waals surface area contributed by atoms with E-state index < -0.39 is 0 Å². The molecule has 1 amide bonds. The van der Waals surface area contributed by atoms with Crippen LogP contribution in [-0.4, -0.2) is 46.6 Å². The van der Waals surface area contributed by atoms with Gasteiger partial charge in [0.15, 0.2) is 0 Å². The number of hydrogen-bond donors (Lipinski definition) is 2. The number of carbonyl (C=O) groups excluding carboxylic acids is 1. The fourth-order valence-corrected chi connectivity index (χ4v) is 4.29. The first-order valence-corrected chi connectivity index (χ1v) is 11.4. The second kappa shape index (κ2) is 8.91. The van der Waals surface area contributed by atoms with Gasteiger partial charge in [0, 0.05) is 53.8 Å². The van der Waals surface area contributed by atoms with E-state index in [1.165, 1.54) is 0 Å². The lowest BCUT2D eigenvalue weighted by molar-refractivity contribution is 0.0546. The summed E-state index contributed by atoms with van der Waals surface area (Å²) in [7, 11) is 0. The summed E-state index contributed by atoms with van der Waals surface area (Å²) in [6.07, 6.45) is 7.27. The highest BCUT2D eigenvalue weighted by atomic mass is 16.3. The molecule has 1 fully saturated rings. The number of rotatable bonds is 3. The Hall–Kier alpha value is -2.92. The van der Waals surface area contributed by atoms with Crippen molar-refractivity contribution in [1.29, 1.82) is 0 Å². The van der Waals surface area contributed by atoms with Crippen molar-refractivity contribution in [2.75, 3.05) is 19.6 Å². The summed E-state index contributed by atoms with van der Waals surface area (Å²) in [6, 6.07) is 10.2. The smallest absolute Gasteiger partial charge is 0.253 e. The van der Waals surface area contributed by atoms with Gasteiger partial charge in [-0.05, 0) is 66.8 Å². The van der Waals surface area contributed by atoms with Crippen LogP contribution in [0, 0.1) is 6.92 Å². The van der Waals surface area contributed by atoms with Gasteiger partial charge in [0.25, 0.3) is 5.91 Å². The number of aryl methyl sites for hydroxylation is 1. The number of aromatic nitrogens is 1. The first-order valence-electron chi connectivity index (χ1n) is 11.4. The van der Waals surface area contributed by atoms with E-state index in [1.54, 1.807) is 0 Å². The number of amides is 1. The van der Waals surface area contributed by atoms with E-state index in [9.17, 15) is 9.90 Å². The Balaban J connectivity index is 1.57. The standard InChI is InChI=1S/C27H33N3O2/c1-18-15-21(26(32)30-13-9-22(31)10-14-30)5-6-23(18)19-7-11-28-24(16-19)20-8-12-29-25(17-20)27(2,3)4/h5-8,12,15-17,22,28,31H,9-11,13-14H2,1-4H3. The molecule has 1 saturated heterocycles. The SMILES string of the molecule is Cc1cc(C(=O)N2CCC(O)CC2)ccc1C1=CCNC(c2ccnc(C(C)(C)C)c2)=C1. The van der Waals surface area contributed by atoms with E-state index >= 15 is 0 Å². The molecule has 2 aliphatic rings. The third-order valence-electron chi connectivity index (χ3n) is 6.29. The molecule has 1 aromatic heterocycles. The minimum absolute atomic E-state index is 0.00465. The Morgan fingerprint density at radius 1 is 1.16 bits per heavy atom. The number of piperidine rings is 1. The van der Waals surface area contributed by atoms with Gasteiger partial charge in [0.05, 0.1) is 6.10 Å². The van der Waals surface area contributed by atoms with Crippen molar-refractivity contribution in [3.8, 4) is 0 Å². The molecule has 0 atom stereocenters. The van der Waals surface area contributed by atoms with E-state index in [0.717, 1.165) is 40.2 Å². The van der Waals surface area contributed by atoms with Crippen molar-refractivity contribution in [3.63, 3.8) is 0 Å². The summed E-state index contributed by atoms with van der Waals surface area (Å²) in [5.41, 5.74) is 7.37. The summed E-state index contributed by atoms with van der Waals surface area (Å²) in [5.74, 6) is 0.0496. The van der Waals surface area contributed by atoms with Crippen LogP contribution in [0.5, 0.6) is 0 Å². The average Bonchev–Trinajstić information content (AvgIpc) is 2.78. The minimum Gasteiger partial charge on any atom is -0.393 e. The zero-order valence-electron chi connectivity index (χ0n) is 19.5. The average molecular weight is 432 g/mol. The summed E-state index contributed by atoms with van der Waals surface area (Å²) in [4.78, 5) is 19.3. The van der Waals surface area contributed by atoms with Gasteiger partial charge >= 0.3 is 0 Å². The Kier molecular flexibility index (Phi) is 6.20. The molecule has 0 unspecified atom stereocenters. The summed E-state index contributed by atoms with van der Waals surface area (Å²) in [6.45, 7) is 10.6. The third-order valence-corrected chi connectivity index (χ3v) is 6.29. The van der Waals surface area contributed by atoms with E-state index in [-0.39, 0.29) is 17.4 Å². The number of aliphatic hydroxyl groups is 1. The molecular formula is C27H33N3O2. The summed E-state index contributed by atoms with van der Waals surface area (Å²) >= 11 is 0. The van der Waals surface area contributed by atoms with Gasteiger partial charge in [-0.2, -0.15) is 0 Å². The highest BCUT2D eigenvalue weighted by molar-refractivity contribution is 5.95. The number of carbonyl (C=O) groups is 1. The molecule has 2 N–H and O–H groups in total. The molecule has 0 bridgehead atoms. The van der Waals surface area contributed by atoms with Crippen LogP contribution >= 0.6 is 0 Å². The van der Waals surface area contributed by atoms with E-state index in [4.69, 9.17) is 0 Å². The van der Waals surface area contributed by atoms with Crippen molar-refractivity contribution < 1.29 is 9.90 Å². The fourth-order valence-electron chi connectivity index (χ4n) is 4.29. The fraction of sp³-hybridized carbons (Fsp3) is 0.407. The molecule has 168 valence electrons. The maximum atomic E-state index is 12.9. The Morgan fingerprint density at radius 2 is 1.91 bits per heavy atom. The second-order valence-corrected chi connectivity index (χ2v) is 9.83. The molecule has 0 aliphatic carbocycles. The van der Waals surface area contributed by atoms with Crippen LogP contribution in [0.1, 0.15) is 66.4 Å². The van der Waals surface area contributed by atoms with Crippen molar-refractivity contribution in [2.45, 2.75) is 52.1 Å². The third kappa shape index (κ3) is 4.78. The van der Waals surface area contributed by atoms with Crippen molar-refractivity contribution in [3.05, 3.63) is 76.6 Å². The molecule has 5 heteroatoms. The van der Waals surface area contributed by atoms with Crippen LogP contribution in [0.4, 0.5) is 0 Å². The maximum absolute atomic E-state index is 12.9. The predicted molar refractivity (Wildman–Crippen MR) is 129 cm³/mol. The van der Waals surface area contributed by atoms with Gasteiger partial charge < -0.3 is 15.3 Å². The van der Waals surface area contributed by atoms with Crippen molar-refractivity contribution >= 4 is 17.2 Å². The highest BCUT2D eigenvalue weighted by Gasteiger charge is 2.23. The van der Waals surface area contributed by atoms with Gasteiger partial charge in [-0.15, -0.1) is 0 Å². The molecular weight excluding hydrogens is 398 g/mol. The Labute approximate surface area is 190 Å². The van der Waals surface area contributed by atoms with Gasteiger partial charge in [0.2, 0.25) is 0 Å². The number of nitrogens with one attached hydrogen (secondary N) is 1. The number of hydrogen-bond acceptors (Lipinski definition) is 4. The van der Waals surface area contributed by atoms with Gasteiger partial charge in [0.1, 0.15) is 0 Å². The van der Waals surface area contributed by atoms with Gasteiger partial charge in [-0.25, -0.2) is 0 Å². The minimum atomic E-state index is -0.282. The van der Waals surface area contributed by atoms with Crippen molar-refractivity contribution in [2.24, 2.45) is 0 Å². The quantitative estimate of drug-likeness (QED) is 0.760. The molecule has 3 heterocycles. The molecule has 0 radical (unpaired) electrons. The highest BCUT2D eigenvalue weighted by Crippen LogP contribution is 2.29. The summed E-state index contributed by atoms with van der Waals surface area (Å²) < 4.78 is 0. The monoisotopic (exact) mass is 431 g/mol. The number of benzene rings is 1. The number of pyridine rings is 1. The van der Waals surface area contributed by atoms with Crippen LogP contribution in [-0.2, 0) is 5.41 Å². The first-order chi connectivity index (χ1) is 15.2. The largest absolute Gasteiger partial charge is 0.393 e. The molecule has 32 heavy (non-hydrogen) atoms. The van der Waals surface area contributed by atoms with Gasteiger partial charge in [-0.3, -0.25) is 9.78 Å². The Bertz CT molecular complexity index is 1070. The second-order valence-electron chi connectivity index (χ2n) is 9.83. The first kappa shape index (κ1) is 22.3. The lowest BCUT2D eigenvalue weighted by atomic mass is 9.90. The molecule has 0 spiro atoms. The zero-order chi connectivity index (χ0) is 22.9. The summed E-state index contributed by atoms with van der Waals surface area (Å²) in [5, 5.41) is 13.2. The van der Waals surface area contributed by atoms with Crippen LogP contribution in [0.2, 0.25) is 0 Å². The molecule has 4 rings (SSSR count). The molecule has 2 aliphatic heterocycles. The predicted octanol–water partition coefficient (Wildman–Crippen LogP) is 4.31. The van der Waals surface area contributed by atoms with E-state index in [1.807, 2.05) is 29.3 Å². The van der Waals surface area contributed by atoms with Crippen LogP contribution in [0.15, 0.2) is 48.7 Å². The van der Waals surface area contributed by atoms with Crippen LogP contribution in [0.25, 0.3) is 11.3 Å². The molecule has 2 aromatic rings. The van der Waals surface area contributed by atoms with E-state index in [0.29, 0.717) is 31.5 Å². The maximum Gasteiger partial charge on any atom is 0.253 e.